The molecule has 24 heavy (non-hydrogen) atoms. The van der Waals surface area contributed by atoms with Gasteiger partial charge in [-0.2, -0.15) is 0 Å². The molecule has 0 bridgehead atoms. The highest BCUT2D eigenvalue weighted by Gasteiger charge is 2.25. The van der Waals surface area contributed by atoms with Crippen LogP contribution >= 0.6 is 11.6 Å². The molecule has 126 valence electrons. The van der Waals surface area contributed by atoms with Gasteiger partial charge in [-0.15, -0.1) is 0 Å². The molecule has 1 amide bonds. The predicted molar refractivity (Wildman–Crippen MR) is 80.4 cm³/mol. The highest BCUT2D eigenvalue weighted by Crippen LogP contribution is 2.16. The van der Waals surface area contributed by atoms with Gasteiger partial charge in [0.15, 0.2) is 0 Å². The van der Waals surface area contributed by atoms with Crippen LogP contribution in [0.4, 0.5) is 13.2 Å². The second-order valence-corrected chi connectivity index (χ2v) is 5.38. The molecule has 0 heterocycles. The van der Waals surface area contributed by atoms with Crippen molar-refractivity contribution in [2.45, 2.75) is 12.5 Å². The van der Waals surface area contributed by atoms with Crippen molar-refractivity contribution < 1.29 is 27.9 Å². The molecule has 2 aromatic rings. The zero-order chi connectivity index (χ0) is 17.9. The van der Waals surface area contributed by atoms with Crippen LogP contribution in [0.1, 0.15) is 15.9 Å². The number of nitrogens with one attached hydrogen (secondary N) is 1. The van der Waals surface area contributed by atoms with Gasteiger partial charge in [0.2, 0.25) is 0 Å². The Bertz CT molecular complexity index is 758. The van der Waals surface area contributed by atoms with Gasteiger partial charge in [-0.1, -0.05) is 23.7 Å². The minimum absolute atomic E-state index is 0.122. The Kier molecular flexibility index (Phi) is 5.46. The summed E-state index contributed by atoms with van der Waals surface area (Å²) < 4.78 is 40.0. The second-order valence-electron chi connectivity index (χ2n) is 4.94. The SMILES string of the molecule is O=C(N[C@@H](Cc1ccc(Cl)cc1)C(=O)O)c1c(F)cc(F)cc1F. The Morgan fingerprint density at radius 2 is 1.62 bits per heavy atom. The fourth-order valence-electron chi connectivity index (χ4n) is 2.05. The third-order valence-corrected chi connectivity index (χ3v) is 3.44. The molecule has 0 spiro atoms. The number of hydrogen-bond acceptors (Lipinski definition) is 2. The Balaban J connectivity index is 2.20. The lowest BCUT2D eigenvalue weighted by atomic mass is 10.1. The summed E-state index contributed by atoms with van der Waals surface area (Å²) in [7, 11) is 0. The molecule has 2 rings (SSSR count). The van der Waals surface area contributed by atoms with E-state index in [0.717, 1.165) is 0 Å². The number of aliphatic carboxylic acids is 1. The molecule has 0 aliphatic carbocycles. The highest BCUT2D eigenvalue weighted by molar-refractivity contribution is 6.30. The number of carboxylic acids is 1. The van der Waals surface area contributed by atoms with Gasteiger partial charge in [0, 0.05) is 23.6 Å². The van der Waals surface area contributed by atoms with Gasteiger partial charge in [0.1, 0.15) is 29.1 Å². The summed E-state index contributed by atoms with van der Waals surface area (Å²) in [6.07, 6.45) is -0.122. The number of carbonyl (C=O) groups is 2. The Morgan fingerprint density at radius 1 is 1.08 bits per heavy atom. The molecule has 2 aromatic carbocycles. The van der Waals surface area contributed by atoms with Crippen molar-refractivity contribution in [2.75, 3.05) is 0 Å². The lowest BCUT2D eigenvalue weighted by Gasteiger charge is -2.15. The number of halogens is 4. The van der Waals surface area contributed by atoms with Gasteiger partial charge in [0.25, 0.3) is 5.91 Å². The Hall–Kier alpha value is -2.54. The van der Waals surface area contributed by atoms with E-state index in [9.17, 15) is 27.9 Å². The van der Waals surface area contributed by atoms with Crippen molar-refractivity contribution in [3.63, 3.8) is 0 Å². The van der Waals surface area contributed by atoms with E-state index in [2.05, 4.69) is 0 Å². The molecule has 0 unspecified atom stereocenters. The van der Waals surface area contributed by atoms with Crippen molar-refractivity contribution in [3.05, 3.63) is 70.0 Å². The quantitative estimate of drug-likeness (QED) is 0.863. The number of benzene rings is 2. The molecule has 0 aromatic heterocycles. The van der Waals surface area contributed by atoms with Crippen LogP contribution in [-0.2, 0) is 11.2 Å². The molecule has 8 heteroatoms. The molecule has 0 aliphatic heterocycles. The summed E-state index contributed by atoms with van der Waals surface area (Å²) >= 11 is 5.72. The van der Waals surface area contributed by atoms with E-state index in [1.54, 1.807) is 12.1 Å². The van der Waals surface area contributed by atoms with Gasteiger partial charge < -0.3 is 10.4 Å². The minimum atomic E-state index is -1.43. The Labute approximate surface area is 139 Å². The van der Waals surface area contributed by atoms with E-state index in [1.807, 2.05) is 5.32 Å². The molecule has 0 saturated heterocycles. The standard InChI is InChI=1S/C16H11ClF3NO3/c17-9-3-1-8(2-4-9)5-13(16(23)24)21-15(22)14-11(19)6-10(18)7-12(14)20/h1-4,6-7,13H,5H2,(H,21,22)(H,23,24)/t13-/m0/s1. The van der Waals surface area contributed by atoms with Gasteiger partial charge >= 0.3 is 5.97 Å². The van der Waals surface area contributed by atoms with Gasteiger partial charge in [-0.3, -0.25) is 4.79 Å². The molecular weight excluding hydrogens is 347 g/mol. The largest absolute Gasteiger partial charge is 0.480 e. The van der Waals surface area contributed by atoms with Crippen molar-refractivity contribution in [3.8, 4) is 0 Å². The fourth-order valence-corrected chi connectivity index (χ4v) is 2.17. The van der Waals surface area contributed by atoms with E-state index in [1.165, 1.54) is 12.1 Å². The van der Waals surface area contributed by atoms with E-state index < -0.39 is 40.9 Å². The molecule has 0 aliphatic rings. The van der Waals surface area contributed by atoms with E-state index >= 15 is 0 Å². The first kappa shape index (κ1) is 17.8. The zero-order valence-corrected chi connectivity index (χ0v) is 12.8. The van der Waals surface area contributed by atoms with Gasteiger partial charge in [-0.25, -0.2) is 18.0 Å². The summed E-state index contributed by atoms with van der Waals surface area (Å²) in [5, 5.41) is 11.7. The van der Waals surface area contributed by atoms with Crippen LogP contribution in [-0.4, -0.2) is 23.0 Å². The third kappa shape index (κ3) is 4.26. The minimum Gasteiger partial charge on any atom is -0.480 e. The maximum atomic E-state index is 13.6. The highest BCUT2D eigenvalue weighted by atomic mass is 35.5. The number of hydrogen-bond donors (Lipinski definition) is 2. The number of rotatable bonds is 5. The van der Waals surface area contributed by atoms with Crippen LogP contribution in [0.25, 0.3) is 0 Å². The summed E-state index contributed by atoms with van der Waals surface area (Å²) in [6, 6.07) is 5.45. The fraction of sp³-hybridized carbons (Fsp3) is 0.125. The number of amides is 1. The molecule has 2 N–H and O–H groups in total. The van der Waals surface area contributed by atoms with Crippen LogP contribution < -0.4 is 5.32 Å². The average Bonchev–Trinajstić information content (AvgIpc) is 2.47. The lowest BCUT2D eigenvalue weighted by molar-refractivity contribution is -0.139. The smallest absolute Gasteiger partial charge is 0.326 e. The van der Waals surface area contributed by atoms with Gasteiger partial charge in [-0.05, 0) is 17.7 Å². The lowest BCUT2D eigenvalue weighted by Crippen LogP contribution is -2.43. The number of carboxylic acid groups (broad SMARTS) is 1. The maximum Gasteiger partial charge on any atom is 0.326 e. The molecule has 0 saturated carbocycles. The zero-order valence-electron chi connectivity index (χ0n) is 12.0. The van der Waals surface area contributed by atoms with E-state index in [-0.39, 0.29) is 6.42 Å². The topological polar surface area (TPSA) is 66.4 Å². The first-order chi connectivity index (χ1) is 11.3. The number of carbonyl (C=O) groups excluding carboxylic acids is 1. The summed E-state index contributed by atoms with van der Waals surface area (Å²) in [5.74, 6) is -6.69. The maximum absolute atomic E-state index is 13.6. The first-order valence-corrected chi connectivity index (χ1v) is 7.08. The van der Waals surface area contributed by atoms with Crippen molar-refractivity contribution >= 4 is 23.5 Å². The Morgan fingerprint density at radius 3 is 2.12 bits per heavy atom. The average molecular weight is 358 g/mol. The van der Waals surface area contributed by atoms with Crippen LogP contribution in [0, 0.1) is 17.5 Å². The predicted octanol–water partition coefficient (Wildman–Crippen LogP) is 3.18. The molecule has 4 nitrogen and oxygen atoms in total. The monoisotopic (exact) mass is 357 g/mol. The third-order valence-electron chi connectivity index (χ3n) is 3.19. The first-order valence-electron chi connectivity index (χ1n) is 6.70. The molecular formula is C16H11ClF3NO3. The molecule has 0 radical (unpaired) electrons. The summed E-state index contributed by atoms with van der Waals surface area (Å²) in [4.78, 5) is 23.2. The van der Waals surface area contributed by atoms with Crippen LogP contribution in [0.15, 0.2) is 36.4 Å². The normalized spacial score (nSPS) is 11.8. The van der Waals surface area contributed by atoms with Crippen LogP contribution in [0.2, 0.25) is 5.02 Å². The van der Waals surface area contributed by atoms with Crippen molar-refractivity contribution in [2.24, 2.45) is 0 Å². The van der Waals surface area contributed by atoms with E-state index in [4.69, 9.17) is 11.6 Å². The summed E-state index contributed by atoms with van der Waals surface area (Å²) in [5.41, 5.74) is -0.495. The van der Waals surface area contributed by atoms with Crippen LogP contribution in [0.3, 0.4) is 0 Å². The molecule has 0 fully saturated rings. The molecule has 1 atom stereocenters. The van der Waals surface area contributed by atoms with Crippen LogP contribution in [0.5, 0.6) is 0 Å². The van der Waals surface area contributed by atoms with Crippen molar-refractivity contribution in [1.29, 1.82) is 0 Å². The second kappa shape index (κ2) is 7.35. The van der Waals surface area contributed by atoms with E-state index in [0.29, 0.717) is 22.7 Å². The van der Waals surface area contributed by atoms with Gasteiger partial charge in [0.05, 0.1) is 0 Å². The van der Waals surface area contributed by atoms with Crippen molar-refractivity contribution in [1.82, 2.24) is 5.32 Å². The summed E-state index contributed by atoms with van der Waals surface area (Å²) in [6.45, 7) is 0.